The highest BCUT2D eigenvalue weighted by molar-refractivity contribution is 5.91. The molecule has 154 valence electrons. The molecule has 0 bridgehead atoms. The van der Waals surface area contributed by atoms with E-state index in [1.807, 2.05) is 30.3 Å². The van der Waals surface area contributed by atoms with Gasteiger partial charge in [-0.05, 0) is 43.9 Å². The number of carbonyl (C=O) groups excluding carboxylic acids is 3. The monoisotopic (exact) mass is 398 g/mol. The summed E-state index contributed by atoms with van der Waals surface area (Å²) in [7, 11) is 0. The van der Waals surface area contributed by atoms with Crippen molar-refractivity contribution in [1.29, 1.82) is 0 Å². The van der Waals surface area contributed by atoms with Crippen LogP contribution >= 0.6 is 0 Å². The van der Waals surface area contributed by atoms with E-state index in [2.05, 4.69) is 0 Å². The summed E-state index contributed by atoms with van der Waals surface area (Å²) in [6.07, 6.45) is 1.36. The zero-order chi connectivity index (χ0) is 20.9. The Morgan fingerprint density at radius 3 is 2.17 bits per heavy atom. The first-order valence-electron chi connectivity index (χ1n) is 9.68. The van der Waals surface area contributed by atoms with Crippen LogP contribution in [0.4, 0.5) is 0 Å². The molecule has 1 atom stereocenters. The van der Waals surface area contributed by atoms with Gasteiger partial charge in [0.2, 0.25) is 0 Å². The first kappa shape index (κ1) is 22.1. The van der Waals surface area contributed by atoms with Crippen LogP contribution in [-0.4, -0.2) is 30.6 Å². The highest BCUT2D eigenvalue weighted by Gasteiger charge is 2.20. The van der Waals surface area contributed by atoms with E-state index in [9.17, 15) is 14.4 Å². The molecule has 0 aliphatic heterocycles. The summed E-state index contributed by atoms with van der Waals surface area (Å²) in [6, 6.07) is 18.0. The summed E-state index contributed by atoms with van der Waals surface area (Å²) in [4.78, 5) is 35.5. The number of rotatable bonds is 11. The Labute approximate surface area is 170 Å². The molecule has 0 spiro atoms. The number of unbranched alkanes of at least 4 members (excludes halogenated alkanes) is 2. The van der Waals surface area contributed by atoms with E-state index in [1.165, 1.54) is 6.92 Å². The van der Waals surface area contributed by atoms with Gasteiger partial charge >= 0.3 is 17.9 Å². The van der Waals surface area contributed by atoms with E-state index in [4.69, 9.17) is 14.2 Å². The average Bonchev–Trinajstić information content (AvgIpc) is 2.75. The molecule has 0 unspecified atom stereocenters. The molecule has 0 aromatic heterocycles. The highest BCUT2D eigenvalue weighted by atomic mass is 16.6. The third kappa shape index (κ3) is 8.60. The van der Waals surface area contributed by atoms with Crippen molar-refractivity contribution in [2.75, 3.05) is 6.61 Å². The van der Waals surface area contributed by atoms with Crippen molar-refractivity contribution in [1.82, 2.24) is 0 Å². The molecule has 0 amide bonds. The van der Waals surface area contributed by atoms with Gasteiger partial charge in [-0.3, -0.25) is 4.79 Å². The third-order valence-corrected chi connectivity index (χ3v) is 4.14. The van der Waals surface area contributed by atoms with Crippen LogP contribution in [0.15, 0.2) is 60.7 Å². The molecule has 29 heavy (non-hydrogen) atoms. The van der Waals surface area contributed by atoms with Crippen LogP contribution in [0, 0.1) is 0 Å². The number of esters is 3. The zero-order valence-corrected chi connectivity index (χ0v) is 16.5. The second-order valence-electron chi connectivity index (χ2n) is 6.54. The van der Waals surface area contributed by atoms with Gasteiger partial charge in [0.1, 0.15) is 6.61 Å². The minimum absolute atomic E-state index is 0.213. The van der Waals surface area contributed by atoms with Gasteiger partial charge in [0.15, 0.2) is 6.10 Å². The maximum atomic E-state index is 11.9. The van der Waals surface area contributed by atoms with Gasteiger partial charge in [-0.25, -0.2) is 9.59 Å². The number of ether oxygens (including phenoxy) is 3. The molecule has 0 aliphatic carbocycles. The van der Waals surface area contributed by atoms with Crippen molar-refractivity contribution in [3.05, 3.63) is 71.8 Å². The molecule has 0 aliphatic rings. The molecule has 0 saturated heterocycles. The van der Waals surface area contributed by atoms with Gasteiger partial charge in [-0.1, -0.05) is 48.5 Å². The fourth-order valence-corrected chi connectivity index (χ4v) is 2.50. The molecule has 0 heterocycles. The van der Waals surface area contributed by atoms with Crippen LogP contribution < -0.4 is 0 Å². The maximum absolute atomic E-state index is 11.9. The molecule has 2 aromatic carbocycles. The number of benzene rings is 2. The Morgan fingerprint density at radius 1 is 0.828 bits per heavy atom. The van der Waals surface area contributed by atoms with Crippen LogP contribution in [0.1, 0.15) is 48.5 Å². The summed E-state index contributed by atoms with van der Waals surface area (Å²) in [6.45, 7) is 1.97. The Kier molecular flexibility index (Phi) is 9.42. The fourth-order valence-electron chi connectivity index (χ4n) is 2.50. The molecular weight excluding hydrogens is 372 g/mol. The van der Waals surface area contributed by atoms with E-state index in [0.29, 0.717) is 24.8 Å². The third-order valence-electron chi connectivity index (χ3n) is 4.14. The predicted molar refractivity (Wildman–Crippen MR) is 107 cm³/mol. The summed E-state index contributed by atoms with van der Waals surface area (Å²) in [5.41, 5.74) is 1.33. The summed E-state index contributed by atoms with van der Waals surface area (Å²) in [5, 5.41) is 0. The van der Waals surface area contributed by atoms with Gasteiger partial charge in [-0.2, -0.15) is 0 Å². The van der Waals surface area contributed by atoms with Crippen molar-refractivity contribution in [2.24, 2.45) is 0 Å². The highest BCUT2D eigenvalue weighted by Crippen LogP contribution is 2.07. The molecule has 2 rings (SSSR count). The Morgan fingerprint density at radius 2 is 1.48 bits per heavy atom. The van der Waals surface area contributed by atoms with Crippen molar-refractivity contribution in [2.45, 2.75) is 45.3 Å². The summed E-state index contributed by atoms with van der Waals surface area (Å²) >= 11 is 0. The molecule has 2 aromatic rings. The van der Waals surface area contributed by atoms with Crippen LogP contribution in [0.3, 0.4) is 0 Å². The smallest absolute Gasteiger partial charge is 0.347 e. The Hall–Kier alpha value is -3.15. The maximum Gasteiger partial charge on any atom is 0.347 e. The standard InChI is InChI=1S/C23H26O6/c1-18(29-23(26)20-13-7-3-8-14-20)22(25)27-16-10-4-9-15-21(24)28-17-19-11-5-2-6-12-19/h2-3,5-8,11-14,18H,4,9-10,15-17H2,1H3/t18-/m0/s1. The SMILES string of the molecule is C[C@H](OC(=O)c1ccccc1)C(=O)OCCCCCC(=O)OCc1ccccc1. The molecule has 0 N–H and O–H groups in total. The van der Waals surface area contributed by atoms with Gasteiger partial charge in [0, 0.05) is 6.42 Å². The first-order chi connectivity index (χ1) is 14.1. The molecule has 0 fully saturated rings. The molecular formula is C23H26O6. The predicted octanol–water partition coefficient (Wildman–Crippen LogP) is 4.08. The lowest BCUT2D eigenvalue weighted by Gasteiger charge is -2.12. The quantitative estimate of drug-likeness (QED) is 0.322. The summed E-state index contributed by atoms with van der Waals surface area (Å²) in [5.74, 6) is -1.40. The molecule has 0 saturated carbocycles. The fraction of sp³-hybridized carbons (Fsp3) is 0.348. The van der Waals surface area contributed by atoms with E-state index in [1.54, 1.807) is 30.3 Å². The summed E-state index contributed by atoms with van der Waals surface area (Å²) < 4.78 is 15.4. The van der Waals surface area contributed by atoms with Gasteiger partial charge < -0.3 is 14.2 Å². The molecule has 0 radical (unpaired) electrons. The van der Waals surface area contributed by atoms with Crippen LogP contribution in [0.2, 0.25) is 0 Å². The van der Waals surface area contributed by atoms with E-state index in [-0.39, 0.29) is 19.2 Å². The van der Waals surface area contributed by atoms with Crippen molar-refractivity contribution in [3.63, 3.8) is 0 Å². The minimum atomic E-state index is -0.976. The number of carbonyl (C=O) groups is 3. The Balaban J connectivity index is 1.52. The number of hydrogen-bond acceptors (Lipinski definition) is 6. The first-order valence-corrected chi connectivity index (χ1v) is 9.68. The number of hydrogen-bond donors (Lipinski definition) is 0. The van der Waals surface area contributed by atoms with Crippen LogP contribution in [0.5, 0.6) is 0 Å². The lowest BCUT2D eigenvalue weighted by Crippen LogP contribution is -2.26. The molecule has 6 heteroatoms. The van der Waals surface area contributed by atoms with Crippen molar-refractivity contribution in [3.8, 4) is 0 Å². The van der Waals surface area contributed by atoms with Crippen molar-refractivity contribution >= 4 is 17.9 Å². The van der Waals surface area contributed by atoms with Crippen LogP contribution in [0.25, 0.3) is 0 Å². The van der Waals surface area contributed by atoms with Gasteiger partial charge in [-0.15, -0.1) is 0 Å². The lowest BCUT2D eigenvalue weighted by atomic mass is 10.2. The Bertz CT molecular complexity index is 772. The lowest BCUT2D eigenvalue weighted by molar-refractivity contribution is -0.153. The van der Waals surface area contributed by atoms with Gasteiger partial charge in [0.25, 0.3) is 0 Å². The normalized spacial score (nSPS) is 11.3. The largest absolute Gasteiger partial charge is 0.463 e. The van der Waals surface area contributed by atoms with E-state index < -0.39 is 18.0 Å². The van der Waals surface area contributed by atoms with Gasteiger partial charge in [0.05, 0.1) is 12.2 Å². The van der Waals surface area contributed by atoms with E-state index in [0.717, 1.165) is 12.0 Å². The van der Waals surface area contributed by atoms with Crippen LogP contribution in [-0.2, 0) is 30.4 Å². The zero-order valence-electron chi connectivity index (χ0n) is 16.5. The second kappa shape index (κ2) is 12.3. The minimum Gasteiger partial charge on any atom is -0.463 e. The van der Waals surface area contributed by atoms with E-state index >= 15 is 0 Å². The second-order valence-corrected chi connectivity index (χ2v) is 6.54. The van der Waals surface area contributed by atoms with Crippen molar-refractivity contribution < 1.29 is 28.6 Å². The topological polar surface area (TPSA) is 78.9 Å². The average molecular weight is 398 g/mol. The molecule has 6 nitrogen and oxygen atoms in total.